The smallest absolute Gasteiger partial charge is 0.0712 e. The summed E-state index contributed by atoms with van der Waals surface area (Å²) in [6, 6.07) is 35.4. The number of allylic oxidation sites excluding steroid dienone is 1. The van der Waals surface area contributed by atoms with Crippen molar-refractivity contribution in [2.24, 2.45) is 4.99 Å². The van der Waals surface area contributed by atoms with Gasteiger partial charge in [-0.05, 0) is 35.2 Å². The normalized spacial score (nSPS) is 13.9. The lowest BCUT2D eigenvalue weighted by atomic mass is 9.91. The van der Waals surface area contributed by atoms with Crippen molar-refractivity contribution in [1.29, 1.82) is 0 Å². The van der Waals surface area contributed by atoms with Crippen LogP contribution in [0.15, 0.2) is 114 Å². The second kappa shape index (κ2) is 10.3. The first-order chi connectivity index (χ1) is 16.8. The van der Waals surface area contributed by atoms with Crippen LogP contribution in [0.5, 0.6) is 0 Å². The summed E-state index contributed by atoms with van der Waals surface area (Å²) in [5.74, 6) is 0.663. The number of fused-ring (bicyclic) bond motifs is 2. The molecule has 4 heteroatoms. The maximum atomic E-state index is 6.64. The summed E-state index contributed by atoms with van der Waals surface area (Å²) >= 11 is 13.0. The van der Waals surface area contributed by atoms with Gasteiger partial charge < -0.3 is 5.32 Å². The van der Waals surface area contributed by atoms with Crippen LogP contribution < -0.4 is 5.32 Å². The molecule has 0 saturated carbocycles. The monoisotopic (exact) mass is 482 g/mol. The molecule has 5 rings (SSSR count). The number of nitrogens with one attached hydrogen (secondary N) is 1. The van der Waals surface area contributed by atoms with E-state index in [0.717, 1.165) is 51.5 Å². The summed E-state index contributed by atoms with van der Waals surface area (Å²) in [6.45, 7) is 0. The third-order valence-electron chi connectivity index (χ3n) is 6.04. The molecular formula is C30H24Cl2N2. The number of benzene rings is 4. The van der Waals surface area contributed by atoms with Gasteiger partial charge in [0, 0.05) is 28.1 Å². The number of anilines is 1. The van der Waals surface area contributed by atoms with Gasteiger partial charge in [0.1, 0.15) is 0 Å². The van der Waals surface area contributed by atoms with Gasteiger partial charge in [-0.25, -0.2) is 0 Å². The van der Waals surface area contributed by atoms with Gasteiger partial charge in [0.25, 0.3) is 0 Å². The molecule has 0 radical (unpaired) electrons. The van der Waals surface area contributed by atoms with E-state index in [2.05, 4.69) is 72.0 Å². The Morgan fingerprint density at radius 3 is 2.09 bits per heavy atom. The van der Waals surface area contributed by atoms with Crippen LogP contribution in [-0.4, -0.2) is 17.5 Å². The average molecular weight is 483 g/mol. The lowest BCUT2D eigenvalue weighted by Crippen LogP contribution is -2.10. The second-order valence-corrected chi connectivity index (χ2v) is 8.72. The Labute approximate surface area is 210 Å². The molecule has 168 valence electrons. The SMILES string of the molecule is ClCC1=Nc2ccccc2/C(=C(\CCl)Nc2ccccc2Cc2ccccc2)c2ccccc21. The Morgan fingerprint density at radius 2 is 1.32 bits per heavy atom. The summed E-state index contributed by atoms with van der Waals surface area (Å²) in [5.41, 5.74) is 10.4. The van der Waals surface area contributed by atoms with Crippen molar-refractivity contribution >= 4 is 45.9 Å². The van der Waals surface area contributed by atoms with E-state index in [0.29, 0.717) is 11.8 Å². The Kier molecular flexibility index (Phi) is 6.80. The number of hydrogen-bond donors (Lipinski definition) is 1. The van der Waals surface area contributed by atoms with Crippen LogP contribution in [0, 0.1) is 0 Å². The van der Waals surface area contributed by atoms with Gasteiger partial charge in [0.05, 0.1) is 23.2 Å². The van der Waals surface area contributed by atoms with Crippen molar-refractivity contribution in [2.45, 2.75) is 6.42 Å². The summed E-state index contributed by atoms with van der Waals surface area (Å²) in [6.07, 6.45) is 0.835. The summed E-state index contributed by atoms with van der Waals surface area (Å²) in [5, 5.41) is 3.69. The van der Waals surface area contributed by atoms with Gasteiger partial charge >= 0.3 is 0 Å². The van der Waals surface area contributed by atoms with E-state index in [4.69, 9.17) is 28.2 Å². The van der Waals surface area contributed by atoms with Gasteiger partial charge in [-0.3, -0.25) is 4.99 Å². The number of nitrogens with zero attached hydrogens (tertiary/aromatic N) is 1. The van der Waals surface area contributed by atoms with E-state index >= 15 is 0 Å². The second-order valence-electron chi connectivity index (χ2n) is 8.19. The number of alkyl halides is 2. The zero-order valence-electron chi connectivity index (χ0n) is 18.6. The largest absolute Gasteiger partial charge is 0.357 e. The van der Waals surface area contributed by atoms with E-state index in [1.807, 2.05) is 36.4 Å². The van der Waals surface area contributed by atoms with E-state index in [-0.39, 0.29) is 0 Å². The molecule has 0 unspecified atom stereocenters. The lowest BCUT2D eigenvalue weighted by Gasteiger charge is -2.20. The fraction of sp³-hybridized carbons (Fsp3) is 0.100. The maximum absolute atomic E-state index is 6.64. The molecule has 4 aromatic rings. The molecule has 2 nitrogen and oxygen atoms in total. The van der Waals surface area contributed by atoms with E-state index < -0.39 is 0 Å². The number of rotatable bonds is 6. The molecule has 0 aliphatic carbocycles. The average Bonchev–Trinajstić information content (AvgIpc) is 3.03. The highest BCUT2D eigenvalue weighted by atomic mass is 35.5. The van der Waals surface area contributed by atoms with Crippen LogP contribution in [0.3, 0.4) is 0 Å². The number of para-hydroxylation sites is 2. The van der Waals surface area contributed by atoms with Crippen molar-refractivity contribution in [2.75, 3.05) is 17.1 Å². The molecule has 4 aromatic carbocycles. The van der Waals surface area contributed by atoms with Gasteiger partial charge in [-0.2, -0.15) is 0 Å². The molecule has 0 saturated heterocycles. The molecule has 0 bridgehead atoms. The minimum atomic E-state index is 0.327. The molecule has 1 heterocycles. The Morgan fingerprint density at radius 1 is 0.676 bits per heavy atom. The van der Waals surface area contributed by atoms with Crippen LogP contribution >= 0.6 is 23.2 Å². The molecule has 0 atom stereocenters. The Hall–Kier alpha value is -3.33. The van der Waals surface area contributed by atoms with E-state index in [9.17, 15) is 0 Å². The van der Waals surface area contributed by atoms with Gasteiger partial charge in [-0.1, -0.05) is 91.0 Å². The quantitative estimate of drug-likeness (QED) is 0.276. The van der Waals surface area contributed by atoms with Crippen LogP contribution in [-0.2, 0) is 6.42 Å². The van der Waals surface area contributed by atoms with Crippen molar-refractivity contribution in [3.8, 4) is 0 Å². The fourth-order valence-electron chi connectivity index (χ4n) is 4.45. The summed E-state index contributed by atoms with van der Waals surface area (Å²) in [4.78, 5) is 4.93. The fourth-order valence-corrected chi connectivity index (χ4v) is 4.85. The van der Waals surface area contributed by atoms with Crippen LogP contribution in [0.4, 0.5) is 11.4 Å². The molecule has 0 aromatic heterocycles. The van der Waals surface area contributed by atoms with E-state index in [1.165, 1.54) is 11.1 Å². The zero-order valence-corrected chi connectivity index (χ0v) is 20.2. The first-order valence-electron chi connectivity index (χ1n) is 11.3. The molecule has 34 heavy (non-hydrogen) atoms. The topological polar surface area (TPSA) is 24.4 Å². The molecule has 1 aliphatic heterocycles. The minimum Gasteiger partial charge on any atom is -0.357 e. The van der Waals surface area contributed by atoms with Crippen LogP contribution in [0.2, 0.25) is 0 Å². The van der Waals surface area contributed by atoms with Crippen molar-refractivity contribution in [3.05, 3.63) is 137 Å². The maximum Gasteiger partial charge on any atom is 0.0712 e. The predicted molar refractivity (Wildman–Crippen MR) is 146 cm³/mol. The number of halogens is 2. The molecular weight excluding hydrogens is 459 g/mol. The predicted octanol–water partition coefficient (Wildman–Crippen LogP) is 8.06. The molecule has 0 fully saturated rings. The van der Waals surface area contributed by atoms with Crippen LogP contribution in [0.1, 0.15) is 27.8 Å². The van der Waals surface area contributed by atoms with E-state index in [1.54, 1.807) is 0 Å². The molecule has 0 spiro atoms. The summed E-state index contributed by atoms with van der Waals surface area (Å²) in [7, 11) is 0. The Bertz CT molecular complexity index is 1370. The molecule has 1 aliphatic rings. The number of aliphatic imine (C=N–C) groups is 1. The highest BCUT2D eigenvalue weighted by Crippen LogP contribution is 2.39. The van der Waals surface area contributed by atoms with Crippen molar-refractivity contribution in [1.82, 2.24) is 0 Å². The zero-order chi connectivity index (χ0) is 23.3. The molecule has 1 N–H and O–H groups in total. The van der Waals surface area contributed by atoms with Crippen LogP contribution in [0.25, 0.3) is 5.57 Å². The third kappa shape index (κ3) is 4.52. The van der Waals surface area contributed by atoms with Crippen molar-refractivity contribution < 1.29 is 0 Å². The van der Waals surface area contributed by atoms with Gasteiger partial charge in [-0.15, -0.1) is 23.2 Å². The number of hydrogen-bond acceptors (Lipinski definition) is 2. The first kappa shape index (κ1) is 22.5. The molecule has 0 amide bonds. The lowest BCUT2D eigenvalue weighted by molar-refractivity contribution is 1.18. The highest BCUT2D eigenvalue weighted by molar-refractivity contribution is 6.33. The Balaban J connectivity index is 1.66. The standard InChI is InChI=1S/C30H24Cl2N2/c31-19-28-23-13-5-6-14-24(23)30(25-15-7-9-17-27(25)34-28)29(20-32)33-26-16-8-4-12-22(26)18-21-10-2-1-3-11-21/h1-17,33H,18-20H2/b30-29+. The third-order valence-corrected chi connectivity index (χ3v) is 6.56. The van der Waals surface area contributed by atoms with Crippen molar-refractivity contribution in [3.63, 3.8) is 0 Å². The van der Waals surface area contributed by atoms with Gasteiger partial charge in [0.15, 0.2) is 0 Å². The highest BCUT2D eigenvalue weighted by Gasteiger charge is 2.23. The summed E-state index contributed by atoms with van der Waals surface area (Å²) < 4.78 is 0. The minimum absolute atomic E-state index is 0.327. The first-order valence-corrected chi connectivity index (χ1v) is 12.4. The van der Waals surface area contributed by atoms with Gasteiger partial charge in [0.2, 0.25) is 0 Å².